The van der Waals surface area contributed by atoms with E-state index >= 15 is 0 Å². The molecule has 0 aliphatic carbocycles. The van der Waals surface area contributed by atoms with Gasteiger partial charge in [-0.05, 0) is 43.5 Å². The number of nitrogens with zero attached hydrogens (tertiary/aromatic N) is 4. The summed E-state index contributed by atoms with van der Waals surface area (Å²) >= 11 is 0. The zero-order chi connectivity index (χ0) is 21.2. The van der Waals surface area contributed by atoms with Crippen molar-refractivity contribution in [1.29, 1.82) is 0 Å². The summed E-state index contributed by atoms with van der Waals surface area (Å²) in [4.78, 5) is 22.6. The number of para-hydroxylation sites is 1. The second-order valence-corrected chi connectivity index (χ2v) is 8.14. The lowest BCUT2D eigenvalue weighted by atomic mass is 10.0. The summed E-state index contributed by atoms with van der Waals surface area (Å²) in [5, 5.41) is 8.78. The molecule has 0 saturated carbocycles. The third-order valence-corrected chi connectivity index (χ3v) is 6.19. The molecule has 3 aromatic heterocycles. The van der Waals surface area contributed by atoms with Crippen molar-refractivity contribution in [2.45, 2.75) is 32.4 Å². The molecule has 0 atom stereocenters. The van der Waals surface area contributed by atoms with Crippen LogP contribution in [0.2, 0.25) is 0 Å². The predicted molar refractivity (Wildman–Crippen MR) is 121 cm³/mol. The molecule has 1 saturated heterocycles. The Balaban J connectivity index is 1.22. The number of hydrogen-bond acceptors (Lipinski definition) is 4. The van der Waals surface area contributed by atoms with Crippen molar-refractivity contribution in [2.24, 2.45) is 0 Å². The van der Waals surface area contributed by atoms with Crippen molar-refractivity contribution in [2.75, 3.05) is 18.4 Å². The van der Waals surface area contributed by atoms with E-state index in [0.29, 0.717) is 5.56 Å². The number of aromatic amines is 1. The van der Waals surface area contributed by atoms with Crippen LogP contribution < -0.4 is 5.32 Å². The van der Waals surface area contributed by atoms with E-state index in [0.717, 1.165) is 38.3 Å². The molecule has 0 bridgehead atoms. The Labute approximate surface area is 181 Å². The zero-order valence-electron chi connectivity index (χ0n) is 17.6. The van der Waals surface area contributed by atoms with Gasteiger partial charge in [-0.15, -0.1) is 0 Å². The Kier molecular flexibility index (Phi) is 5.26. The molecule has 1 aromatic carbocycles. The number of H-pyrrole nitrogens is 1. The van der Waals surface area contributed by atoms with Gasteiger partial charge in [-0.1, -0.05) is 18.2 Å². The van der Waals surface area contributed by atoms with Crippen LogP contribution in [0.5, 0.6) is 0 Å². The summed E-state index contributed by atoms with van der Waals surface area (Å²) in [6.07, 6.45) is 6.97. The largest absolute Gasteiger partial charge is 0.357 e. The molecule has 1 amide bonds. The molecule has 1 fully saturated rings. The molecule has 31 heavy (non-hydrogen) atoms. The molecule has 1 aliphatic rings. The highest BCUT2D eigenvalue weighted by molar-refractivity contribution is 6.03. The second-order valence-electron chi connectivity index (χ2n) is 8.14. The average molecular weight is 415 g/mol. The Morgan fingerprint density at radius 1 is 1.13 bits per heavy atom. The lowest BCUT2D eigenvalue weighted by Crippen LogP contribution is -2.35. The molecule has 158 valence electrons. The van der Waals surface area contributed by atoms with Gasteiger partial charge in [-0.3, -0.25) is 14.7 Å². The van der Waals surface area contributed by atoms with Crippen molar-refractivity contribution in [3.05, 3.63) is 77.9 Å². The van der Waals surface area contributed by atoms with Gasteiger partial charge >= 0.3 is 0 Å². The summed E-state index contributed by atoms with van der Waals surface area (Å²) in [6, 6.07) is 14.1. The summed E-state index contributed by atoms with van der Waals surface area (Å²) in [6.45, 7) is 5.11. The number of nitrogens with one attached hydrogen (secondary N) is 2. The van der Waals surface area contributed by atoms with Crippen LogP contribution in [0, 0.1) is 6.92 Å². The minimum atomic E-state index is -0.165. The molecule has 5 rings (SSSR count). The van der Waals surface area contributed by atoms with Crippen molar-refractivity contribution in [3.63, 3.8) is 0 Å². The molecule has 0 unspecified atom stereocenters. The maximum atomic E-state index is 12.5. The Bertz CT molecular complexity index is 1190. The van der Waals surface area contributed by atoms with Crippen molar-refractivity contribution < 1.29 is 4.79 Å². The van der Waals surface area contributed by atoms with Gasteiger partial charge in [0, 0.05) is 54.7 Å². The van der Waals surface area contributed by atoms with Gasteiger partial charge in [0.25, 0.3) is 5.91 Å². The summed E-state index contributed by atoms with van der Waals surface area (Å²) in [5.41, 5.74) is 4.38. The number of aryl methyl sites for hydroxylation is 1. The van der Waals surface area contributed by atoms with E-state index in [1.165, 1.54) is 22.2 Å². The highest BCUT2D eigenvalue weighted by Gasteiger charge is 2.24. The highest BCUT2D eigenvalue weighted by atomic mass is 16.1. The molecule has 1 aliphatic heterocycles. The lowest BCUT2D eigenvalue weighted by Gasteiger charge is -2.32. The predicted octanol–water partition coefficient (Wildman–Crippen LogP) is 4.16. The van der Waals surface area contributed by atoms with Crippen LogP contribution in [-0.4, -0.2) is 43.6 Å². The van der Waals surface area contributed by atoms with E-state index < -0.39 is 0 Å². The molecular weight excluding hydrogens is 388 g/mol. The first kappa shape index (κ1) is 19.5. The van der Waals surface area contributed by atoms with E-state index in [-0.39, 0.29) is 11.9 Å². The van der Waals surface area contributed by atoms with Crippen molar-refractivity contribution >= 4 is 22.6 Å². The molecule has 4 aromatic rings. The third-order valence-electron chi connectivity index (χ3n) is 6.19. The van der Waals surface area contributed by atoms with Gasteiger partial charge in [-0.25, -0.2) is 4.68 Å². The van der Waals surface area contributed by atoms with Crippen LogP contribution in [0.3, 0.4) is 0 Å². The first-order chi connectivity index (χ1) is 15.2. The number of carbonyl (C=O) groups excluding carboxylic acids is 1. The number of hydrogen-bond donors (Lipinski definition) is 2. The lowest BCUT2D eigenvalue weighted by molar-refractivity contribution is 0.102. The maximum absolute atomic E-state index is 12.5. The van der Waals surface area contributed by atoms with E-state index in [9.17, 15) is 4.79 Å². The molecule has 2 N–H and O–H groups in total. The fraction of sp³-hybridized carbons (Fsp3) is 0.292. The number of piperidine rings is 1. The van der Waals surface area contributed by atoms with Crippen LogP contribution in [0.25, 0.3) is 10.9 Å². The van der Waals surface area contributed by atoms with E-state index in [1.54, 1.807) is 30.7 Å². The van der Waals surface area contributed by atoms with Crippen molar-refractivity contribution in [3.8, 4) is 0 Å². The van der Waals surface area contributed by atoms with Crippen LogP contribution in [0.1, 0.15) is 40.5 Å². The van der Waals surface area contributed by atoms with E-state index in [1.807, 2.05) is 10.7 Å². The number of carbonyl (C=O) groups is 1. The standard InChI is InChI=1S/C24H26N6O/c1-17-20-6-2-3-7-21(20)27-22(17)16-29-13-9-19(10-14-29)30-23(8-12-26-30)28-24(31)18-5-4-11-25-15-18/h2-8,11-12,15,19,27H,9-10,13-14,16H2,1H3,(H,28,31). The molecule has 7 heteroatoms. The second kappa shape index (κ2) is 8.35. The van der Waals surface area contributed by atoms with Gasteiger partial charge in [0.1, 0.15) is 5.82 Å². The summed E-state index contributed by atoms with van der Waals surface area (Å²) in [5.74, 6) is 0.570. The molecule has 0 radical (unpaired) electrons. The van der Waals surface area contributed by atoms with Crippen LogP contribution in [0.4, 0.5) is 5.82 Å². The van der Waals surface area contributed by atoms with Crippen LogP contribution >= 0.6 is 0 Å². The summed E-state index contributed by atoms with van der Waals surface area (Å²) < 4.78 is 1.96. The number of rotatable bonds is 5. The van der Waals surface area contributed by atoms with Gasteiger partial charge in [-0.2, -0.15) is 5.10 Å². The number of fused-ring (bicyclic) bond motifs is 1. The number of anilines is 1. The minimum Gasteiger partial charge on any atom is -0.357 e. The van der Waals surface area contributed by atoms with Gasteiger partial charge in [0.2, 0.25) is 0 Å². The first-order valence-corrected chi connectivity index (χ1v) is 10.7. The highest BCUT2D eigenvalue weighted by Crippen LogP contribution is 2.28. The fourth-order valence-electron chi connectivity index (χ4n) is 4.43. The average Bonchev–Trinajstić information content (AvgIpc) is 3.39. The Hall–Kier alpha value is -3.45. The van der Waals surface area contributed by atoms with Gasteiger partial charge in [0.15, 0.2) is 0 Å². The molecule has 4 heterocycles. The third kappa shape index (κ3) is 3.96. The number of likely N-dealkylation sites (tertiary alicyclic amines) is 1. The van der Waals surface area contributed by atoms with E-state index in [2.05, 4.69) is 56.5 Å². The van der Waals surface area contributed by atoms with Gasteiger partial charge in [0.05, 0.1) is 17.8 Å². The summed E-state index contributed by atoms with van der Waals surface area (Å²) in [7, 11) is 0. The SMILES string of the molecule is Cc1c(CN2CCC(n3nccc3NC(=O)c3cccnc3)CC2)[nH]c2ccccc12. The normalized spacial score (nSPS) is 15.4. The maximum Gasteiger partial charge on any atom is 0.258 e. The monoisotopic (exact) mass is 414 g/mol. The molecular formula is C24H26N6O. The first-order valence-electron chi connectivity index (χ1n) is 10.7. The number of benzene rings is 1. The molecule has 7 nitrogen and oxygen atoms in total. The van der Waals surface area contributed by atoms with Crippen LogP contribution in [-0.2, 0) is 6.54 Å². The molecule has 0 spiro atoms. The number of aromatic nitrogens is 4. The fourth-order valence-corrected chi connectivity index (χ4v) is 4.43. The Morgan fingerprint density at radius 2 is 1.97 bits per heavy atom. The number of pyridine rings is 1. The topological polar surface area (TPSA) is 78.8 Å². The van der Waals surface area contributed by atoms with Crippen LogP contribution in [0.15, 0.2) is 61.1 Å². The van der Waals surface area contributed by atoms with Crippen molar-refractivity contribution in [1.82, 2.24) is 24.6 Å². The minimum absolute atomic E-state index is 0.165. The Morgan fingerprint density at radius 3 is 2.74 bits per heavy atom. The van der Waals surface area contributed by atoms with Gasteiger partial charge < -0.3 is 10.3 Å². The smallest absolute Gasteiger partial charge is 0.258 e. The number of amides is 1. The van der Waals surface area contributed by atoms with E-state index in [4.69, 9.17) is 0 Å². The zero-order valence-corrected chi connectivity index (χ0v) is 17.6. The quantitative estimate of drug-likeness (QED) is 0.514.